The van der Waals surface area contributed by atoms with Crippen LogP contribution in [0.25, 0.3) is 0 Å². The third-order valence-electron chi connectivity index (χ3n) is 8.53. The Balaban J connectivity index is 1.49. The van der Waals surface area contributed by atoms with Gasteiger partial charge in [0.05, 0.1) is 31.1 Å². The summed E-state index contributed by atoms with van der Waals surface area (Å²) in [7, 11) is 0. The van der Waals surface area contributed by atoms with E-state index < -0.39 is 24.0 Å². The molecule has 5 N–H and O–H groups in total. The fourth-order valence-electron chi connectivity index (χ4n) is 5.97. The molecular formula is C33H51N5O5. The number of imidazole rings is 1. The second kappa shape index (κ2) is 18.4. The molecule has 10 heteroatoms. The molecule has 3 rings (SSSR count). The SMILES string of the molecule is CC(C)[C@H](C[C@@H](O)CCC1CCCCC1)[C@H](C)NC(=O)C(Cc1c[nH]cn1)NC(=O)CCC(=O)ONCc1ccccc1. The smallest absolute Gasteiger partial charge is 0.325 e. The molecule has 1 aromatic heterocycles. The van der Waals surface area contributed by atoms with Crippen LogP contribution in [-0.2, 0) is 32.2 Å². The van der Waals surface area contributed by atoms with E-state index in [0.717, 1.165) is 24.3 Å². The molecule has 0 radical (unpaired) electrons. The van der Waals surface area contributed by atoms with Gasteiger partial charge in [-0.2, -0.15) is 0 Å². The summed E-state index contributed by atoms with van der Waals surface area (Å²) in [6.45, 7) is 6.54. The Morgan fingerprint density at radius 1 is 1.05 bits per heavy atom. The number of carbonyl (C=O) groups excluding carboxylic acids is 3. The standard InChI is InChI=1S/C33H51N5O5/c1-23(2)29(19-28(39)15-14-25-10-6-4-7-11-25)24(3)37-33(42)30(18-27-21-34-22-35-27)38-31(40)16-17-32(41)43-36-20-26-12-8-5-9-13-26/h5,8-9,12-13,21-25,28-30,36,39H,4,6-7,10-11,14-20H2,1-3H3,(H,34,35)(H,37,42)(H,38,40)/t24-,28-,29-,30?/m0/s1. The van der Waals surface area contributed by atoms with Crippen LogP contribution in [0.1, 0.15) is 96.2 Å². The molecule has 0 spiro atoms. The van der Waals surface area contributed by atoms with Crippen molar-refractivity contribution in [1.29, 1.82) is 0 Å². The van der Waals surface area contributed by atoms with E-state index in [4.69, 9.17) is 4.84 Å². The highest BCUT2D eigenvalue weighted by Crippen LogP contribution is 2.29. The van der Waals surface area contributed by atoms with Gasteiger partial charge in [-0.3, -0.25) is 14.4 Å². The van der Waals surface area contributed by atoms with Crippen LogP contribution in [0.2, 0.25) is 0 Å². The predicted octanol–water partition coefficient (Wildman–Crippen LogP) is 4.35. The Kier molecular flexibility index (Phi) is 14.7. The number of nitrogens with one attached hydrogen (secondary N) is 4. The quantitative estimate of drug-likeness (QED) is 0.161. The van der Waals surface area contributed by atoms with Crippen molar-refractivity contribution in [2.24, 2.45) is 17.8 Å². The number of rotatable bonds is 18. The maximum Gasteiger partial charge on any atom is 0.325 e. The summed E-state index contributed by atoms with van der Waals surface area (Å²) >= 11 is 0. The number of hydrogen-bond acceptors (Lipinski definition) is 7. The number of H-pyrrole nitrogens is 1. The molecule has 1 aromatic carbocycles. The first-order valence-electron chi connectivity index (χ1n) is 15.9. The lowest BCUT2D eigenvalue weighted by Crippen LogP contribution is -2.52. The van der Waals surface area contributed by atoms with Gasteiger partial charge in [-0.25, -0.2) is 4.98 Å². The average Bonchev–Trinajstić information content (AvgIpc) is 3.51. The molecule has 4 atom stereocenters. The molecule has 0 aliphatic heterocycles. The van der Waals surface area contributed by atoms with Crippen LogP contribution in [-0.4, -0.2) is 51.0 Å². The highest BCUT2D eigenvalue weighted by molar-refractivity contribution is 5.89. The van der Waals surface area contributed by atoms with Gasteiger partial charge in [-0.05, 0) is 49.5 Å². The summed E-state index contributed by atoms with van der Waals surface area (Å²) in [5.41, 5.74) is 4.21. The lowest BCUT2D eigenvalue weighted by Gasteiger charge is -2.32. The van der Waals surface area contributed by atoms with Crippen molar-refractivity contribution in [3.05, 3.63) is 54.1 Å². The van der Waals surface area contributed by atoms with E-state index in [-0.39, 0.29) is 43.0 Å². The molecule has 10 nitrogen and oxygen atoms in total. The van der Waals surface area contributed by atoms with E-state index in [0.29, 0.717) is 18.7 Å². The van der Waals surface area contributed by atoms with Gasteiger partial charge < -0.3 is 25.6 Å². The van der Waals surface area contributed by atoms with Gasteiger partial charge in [-0.15, -0.1) is 5.48 Å². The van der Waals surface area contributed by atoms with Gasteiger partial charge in [0.2, 0.25) is 11.8 Å². The molecular weight excluding hydrogens is 546 g/mol. The number of aliphatic hydroxyl groups is 1. The number of nitrogens with zero attached hydrogens (tertiary/aromatic N) is 1. The molecule has 238 valence electrons. The number of benzene rings is 1. The number of amides is 2. The monoisotopic (exact) mass is 597 g/mol. The molecule has 1 aliphatic carbocycles. The second-order valence-corrected chi connectivity index (χ2v) is 12.3. The van der Waals surface area contributed by atoms with Gasteiger partial charge in [0.15, 0.2) is 0 Å². The number of carbonyl (C=O) groups is 3. The van der Waals surface area contributed by atoms with E-state index in [1.54, 1.807) is 6.20 Å². The maximum atomic E-state index is 13.4. The lowest BCUT2D eigenvalue weighted by atomic mass is 9.81. The van der Waals surface area contributed by atoms with Crippen molar-refractivity contribution in [3.8, 4) is 0 Å². The molecule has 1 heterocycles. The Morgan fingerprint density at radius 2 is 1.79 bits per heavy atom. The predicted molar refractivity (Wildman–Crippen MR) is 165 cm³/mol. The largest absolute Gasteiger partial charge is 0.393 e. The lowest BCUT2D eigenvalue weighted by molar-refractivity contribution is -0.152. The summed E-state index contributed by atoms with van der Waals surface area (Å²) in [4.78, 5) is 50.5. The summed E-state index contributed by atoms with van der Waals surface area (Å²) in [5.74, 6) is -0.266. The summed E-state index contributed by atoms with van der Waals surface area (Å²) in [5, 5.41) is 16.7. The fourth-order valence-corrected chi connectivity index (χ4v) is 5.97. The van der Waals surface area contributed by atoms with E-state index in [2.05, 4.69) is 39.9 Å². The van der Waals surface area contributed by atoms with Crippen molar-refractivity contribution in [3.63, 3.8) is 0 Å². The first-order valence-corrected chi connectivity index (χ1v) is 15.9. The summed E-state index contributed by atoms with van der Waals surface area (Å²) in [6, 6.07) is 8.43. The number of aliphatic hydroxyl groups excluding tert-OH is 1. The van der Waals surface area contributed by atoms with Crippen LogP contribution in [0.4, 0.5) is 0 Å². The van der Waals surface area contributed by atoms with Gasteiger partial charge >= 0.3 is 5.97 Å². The second-order valence-electron chi connectivity index (χ2n) is 12.3. The zero-order valence-electron chi connectivity index (χ0n) is 26.0. The zero-order chi connectivity index (χ0) is 31.0. The van der Waals surface area contributed by atoms with E-state index in [1.807, 2.05) is 37.3 Å². The third-order valence-corrected chi connectivity index (χ3v) is 8.53. The molecule has 43 heavy (non-hydrogen) atoms. The Hall–Kier alpha value is -3.24. The zero-order valence-corrected chi connectivity index (χ0v) is 26.0. The highest BCUT2D eigenvalue weighted by atomic mass is 16.7. The summed E-state index contributed by atoms with van der Waals surface area (Å²) in [6.07, 6.45) is 11.7. The van der Waals surface area contributed by atoms with Gasteiger partial charge in [0.25, 0.3) is 0 Å². The van der Waals surface area contributed by atoms with Gasteiger partial charge in [0.1, 0.15) is 6.04 Å². The number of aromatic amines is 1. The molecule has 1 saturated carbocycles. The molecule has 1 unspecified atom stereocenters. The number of aromatic nitrogens is 2. The first kappa shape index (κ1) is 34.3. The van der Waals surface area contributed by atoms with E-state index in [1.165, 1.54) is 38.4 Å². The van der Waals surface area contributed by atoms with Crippen LogP contribution in [0, 0.1) is 17.8 Å². The van der Waals surface area contributed by atoms with Gasteiger partial charge in [-0.1, -0.05) is 76.3 Å². The minimum atomic E-state index is -0.866. The van der Waals surface area contributed by atoms with Crippen LogP contribution in [0.5, 0.6) is 0 Å². The van der Waals surface area contributed by atoms with Crippen molar-refractivity contribution in [2.45, 2.75) is 116 Å². The molecule has 0 saturated heterocycles. The Morgan fingerprint density at radius 3 is 2.47 bits per heavy atom. The van der Waals surface area contributed by atoms with Crippen molar-refractivity contribution in [1.82, 2.24) is 26.1 Å². The molecule has 1 fully saturated rings. The average molecular weight is 598 g/mol. The Labute approximate surface area is 256 Å². The van der Waals surface area contributed by atoms with Crippen molar-refractivity contribution in [2.75, 3.05) is 0 Å². The molecule has 0 bridgehead atoms. The van der Waals surface area contributed by atoms with Crippen molar-refractivity contribution >= 4 is 17.8 Å². The van der Waals surface area contributed by atoms with Crippen LogP contribution < -0.4 is 16.1 Å². The van der Waals surface area contributed by atoms with Crippen molar-refractivity contribution < 1.29 is 24.3 Å². The highest BCUT2D eigenvalue weighted by Gasteiger charge is 2.29. The molecule has 2 aromatic rings. The maximum absolute atomic E-state index is 13.4. The van der Waals surface area contributed by atoms with Crippen LogP contribution in [0.15, 0.2) is 42.9 Å². The van der Waals surface area contributed by atoms with E-state index >= 15 is 0 Å². The molecule has 1 aliphatic rings. The Bertz CT molecular complexity index is 1090. The topological polar surface area (TPSA) is 145 Å². The minimum Gasteiger partial charge on any atom is -0.393 e. The van der Waals surface area contributed by atoms with Crippen LogP contribution >= 0.6 is 0 Å². The normalized spacial score (nSPS) is 16.7. The molecule has 2 amide bonds. The van der Waals surface area contributed by atoms with Crippen LogP contribution in [0.3, 0.4) is 0 Å². The number of hydrogen-bond donors (Lipinski definition) is 5. The minimum absolute atomic E-state index is 0.0743. The third kappa shape index (κ3) is 12.9. The summed E-state index contributed by atoms with van der Waals surface area (Å²) < 4.78 is 0. The van der Waals surface area contributed by atoms with Gasteiger partial charge in [0, 0.05) is 25.1 Å². The fraction of sp³-hybridized carbons (Fsp3) is 0.636. The van der Waals surface area contributed by atoms with E-state index in [9.17, 15) is 19.5 Å². The first-order chi connectivity index (χ1) is 20.7. The number of hydroxylamine groups is 1.